The smallest absolute Gasteiger partial charge is 0.234 e. The Morgan fingerprint density at radius 1 is 1.25 bits per heavy atom. The van der Waals surface area contributed by atoms with Crippen LogP contribution >= 0.6 is 24.0 Å². The Labute approximate surface area is 187 Å². The van der Waals surface area contributed by atoms with Gasteiger partial charge in [0.05, 0.1) is 19.2 Å². The Morgan fingerprint density at radius 3 is 2.50 bits per heavy atom. The fourth-order valence-corrected chi connectivity index (χ4v) is 3.94. The van der Waals surface area contributed by atoms with E-state index >= 15 is 0 Å². The molecular weight excluding hydrogens is 469 g/mol. The van der Waals surface area contributed by atoms with Gasteiger partial charge in [-0.1, -0.05) is 19.8 Å². The average Bonchev–Trinajstić information content (AvgIpc) is 2.61. The Hall–Kier alpha value is -0.610. The van der Waals surface area contributed by atoms with Crippen LogP contribution in [0.4, 0.5) is 0 Å². The number of rotatable bonds is 6. The van der Waals surface area contributed by atoms with Gasteiger partial charge in [-0.15, -0.1) is 24.0 Å². The molecule has 8 heteroatoms. The Balaban J connectivity index is 0.00000392. The molecule has 1 aliphatic heterocycles. The highest BCUT2D eigenvalue weighted by Crippen LogP contribution is 2.36. The summed E-state index contributed by atoms with van der Waals surface area (Å²) in [5.41, 5.74) is -0.115. The number of piperazine rings is 1. The van der Waals surface area contributed by atoms with E-state index in [2.05, 4.69) is 34.3 Å². The zero-order valence-electron chi connectivity index (χ0n) is 18.0. The summed E-state index contributed by atoms with van der Waals surface area (Å²) in [7, 11) is 0. The van der Waals surface area contributed by atoms with E-state index in [4.69, 9.17) is 4.99 Å². The summed E-state index contributed by atoms with van der Waals surface area (Å²) in [5.74, 6) is 1.03. The van der Waals surface area contributed by atoms with Crippen molar-refractivity contribution in [1.29, 1.82) is 0 Å². The van der Waals surface area contributed by atoms with Crippen molar-refractivity contribution in [3.63, 3.8) is 0 Å². The van der Waals surface area contributed by atoms with Gasteiger partial charge in [-0.3, -0.25) is 14.7 Å². The predicted molar refractivity (Wildman–Crippen MR) is 125 cm³/mol. The predicted octanol–water partition coefficient (Wildman–Crippen LogP) is 1.65. The summed E-state index contributed by atoms with van der Waals surface area (Å²) >= 11 is 0. The van der Waals surface area contributed by atoms with E-state index in [1.54, 1.807) is 0 Å². The molecule has 1 saturated heterocycles. The number of nitrogens with zero attached hydrogens (tertiary/aromatic N) is 3. The summed E-state index contributed by atoms with van der Waals surface area (Å²) < 4.78 is 0. The number of aliphatic hydroxyl groups is 1. The van der Waals surface area contributed by atoms with E-state index in [-0.39, 0.29) is 47.4 Å². The maximum atomic E-state index is 12.0. The second-order valence-electron chi connectivity index (χ2n) is 8.57. The molecule has 0 aromatic carbocycles. The van der Waals surface area contributed by atoms with Crippen molar-refractivity contribution in [1.82, 2.24) is 20.4 Å². The Bertz CT molecular complexity index is 509. The van der Waals surface area contributed by atoms with Crippen molar-refractivity contribution in [2.45, 2.75) is 65.5 Å². The zero-order valence-corrected chi connectivity index (χ0v) is 20.4. The summed E-state index contributed by atoms with van der Waals surface area (Å²) in [6.45, 7) is 13.6. The molecule has 1 amide bonds. The molecule has 0 aromatic rings. The van der Waals surface area contributed by atoms with Crippen molar-refractivity contribution in [3.8, 4) is 0 Å². The van der Waals surface area contributed by atoms with Crippen LogP contribution in [-0.2, 0) is 4.79 Å². The highest BCUT2D eigenvalue weighted by Gasteiger charge is 2.35. The van der Waals surface area contributed by atoms with E-state index in [9.17, 15) is 9.90 Å². The fraction of sp³-hybridized carbons (Fsp3) is 0.900. The normalized spacial score (nSPS) is 26.7. The van der Waals surface area contributed by atoms with E-state index < -0.39 is 0 Å². The molecule has 3 N–H and O–H groups in total. The monoisotopic (exact) mass is 509 g/mol. The van der Waals surface area contributed by atoms with Crippen LogP contribution in [-0.4, -0.2) is 84.7 Å². The van der Waals surface area contributed by atoms with Gasteiger partial charge in [-0.2, -0.15) is 0 Å². The third-order valence-electron chi connectivity index (χ3n) is 5.69. The zero-order chi connectivity index (χ0) is 19.9. The number of guanidine groups is 1. The number of amides is 1. The minimum atomic E-state index is -0.255. The lowest BCUT2D eigenvalue weighted by atomic mass is 9.73. The van der Waals surface area contributed by atoms with Crippen molar-refractivity contribution in [2.75, 3.05) is 45.8 Å². The standard InChI is InChI=1S/C20H39N5O2.HI/c1-5-21-19(22-15-20(4)9-7-6-8-17(20)26)25-12-10-24(11-13-25)14-18(27)23-16(2)3;/h16-17,26H,5-15H2,1-4H3,(H,21,22)(H,23,27);1H. The molecule has 0 aromatic heterocycles. The van der Waals surface area contributed by atoms with Crippen molar-refractivity contribution in [3.05, 3.63) is 0 Å². The number of carbonyl (C=O) groups is 1. The number of carbonyl (C=O) groups excluding carboxylic acids is 1. The molecule has 28 heavy (non-hydrogen) atoms. The molecule has 2 unspecified atom stereocenters. The van der Waals surface area contributed by atoms with Crippen LogP contribution in [0.3, 0.4) is 0 Å². The second kappa shape index (κ2) is 12.2. The lowest BCUT2D eigenvalue weighted by Crippen LogP contribution is -2.54. The molecule has 0 bridgehead atoms. The van der Waals surface area contributed by atoms with E-state index in [0.29, 0.717) is 13.1 Å². The molecule has 2 atom stereocenters. The maximum Gasteiger partial charge on any atom is 0.234 e. The van der Waals surface area contributed by atoms with E-state index in [1.807, 2.05) is 13.8 Å². The molecule has 0 radical (unpaired) electrons. The van der Waals surface area contributed by atoms with Crippen molar-refractivity contribution >= 4 is 35.8 Å². The van der Waals surface area contributed by atoms with Crippen LogP contribution in [0.15, 0.2) is 4.99 Å². The molecule has 2 rings (SSSR count). The van der Waals surface area contributed by atoms with E-state index in [0.717, 1.165) is 57.9 Å². The summed E-state index contributed by atoms with van der Waals surface area (Å²) in [6.07, 6.45) is 3.97. The molecular formula is C20H40IN5O2. The summed E-state index contributed by atoms with van der Waals surface area (Å²) in [4.78, 5) is 21.3. The van der Waals surface area contributed by atoms with E-state index in [1.165, 1.54) is 6.42 Å². The van der Waals surface area contributed by atoms with Crippen LogP contribution < -0.4 is 10.6 Å². The molecule has 2 aliphatic rings. The molecule has 1 saturated carbocycles. The van der Waals surface area contributed by atoms with Gasteiger partial charge in [-0.05, 0) is 33.6 Å². The van der Waals surface area contributed by atoms with Crippen LogP contribution in [0.5, 0.6) is 0 Å². The van der Waals surface area contributed by atoms with Crippen LogP contribution in [0.2, 0.25) is 0 Å². The van der Waals surface area contributed by atoms with Crippen LogP contribution in [0.25, 0.3) is 0 Å². The maximum absolute atomic E-state index is 12.0. The third kappa shape index (κ3) is 7.67. The van der Waals surface area contributed by atoms with Crippen LogP contribution in [0.1, 0.15) is 53.4 Å². The highest BCUT2D eigenvalue weighted by atomic mass is 127. The number of aliphatic hydroxyl groups excluding tert-OH is 1. The largest absolute Gasteiger partial charge is 0.392 e. The molecule has 164 valence electrons. The molecule has 1 aliphatic carbocycles. The first-order valence-electron chi connectivity index (χ1n) is 10.6. The molecule has 2 fully saturated rings. The number of halogens is 1. The number of aliphatic imine (C=N–C) groups is 1. The first-order chi connectivity index (χ1) is 12.8. The van der Waals surface area contributed by atoms with Gasteiger partial charge in [-0.25, -0.2) is 0 Å². The lowest BCUT2D eigenvalue weighted by molar-refractivity contribution is -0.123. The van der Waals surface area contributed by atoms with Gasteiger partial charge in [0.25, 0.3) is 0 Å². The number of hydrogen-bond acceptors (Lipinski definition) is 4. The minimum absolute atomic E-state index is 0. The summed E-state index contributed by atoms with van der Waals surface area (Å²) in [5, 5.41) is 16.8. The third-order valence-corrected chi connectivity index (χ3v) is 5.69. The summed E-state index contributed by atoms with van der Waals surface area (Å²) in [6, 6.07) is 0.183. The number of hydrogen-bond donors (Lipinski definition) is 3. The Kier molecular flexibility index (Phi) is 11.1. The topological polar surface area (TPSA) is 80.2 Å². The highest BCUT2D eigenvalue weighted by molar-refractivity contribution is 14.0. The minimum Gasteiger partial charge on any atom is -0.392 e. The van der Waals surface area contributed by atoms with Gasteiger partial charge >= 0.3 is 0 Å². The second-order valence-corrected chi connectivity index (χ2v) is 8.57. The quantitative estimate of drug-likeness (QED) is 0.288. The first-order valence-corrected chi connectivity index (χ1v) is 10.6. The van der Waals surface area contributed by atoms with Crippen LogP contribution in [0, 0.1) is 5.41 Å². The van der Waals surface area contributed by atoms with Crippen molar-refractivity contribution in [2.24, 2.45) is 10.4 Å². The van der Waals surface area contributed by atoms with Gasteiger partial charge in [0.2, 0.25) is 5.91 Å². The molecule has 7 nitrogen and oxygen atoms in total. The van der Waals surface area contributed by atoms with Gasteiger partial charge in [0.1, 0.15) is 0 Å². The fourth-order valence-electron chi connectivity index (χ4n) is 3.94. The molecule has 0 spiro atoms. The number of nitrogens with one attached hydrogen (secondary N) is 2. The SMILES string of the molecule is CCNC(=NCC1(C)CCCCC1O)N1CCN(CC(=O)NC(C)C)CC1.I. The Morgan fingerprint density at radius 2 is 1.93 bits per heavy atom. The van der Waals surface area contributed by atoms with Gasteiger partial charge < -0.3 is 20.6 Å². The van der Waals surface area contributed by atoms with Gasteiger partial charge in [0, 0.05) is 44.2 Å². The molecule has 1 heterocycles. The van der Waals surface area contributed by atoms with Gasteiger partial charge in [0.15, 0.2) is 5.96 Å². The first kappa shape index (κ1) is 25.4. The lowest BCUT2D eigenvalue weighted by Gasteiger charge is -2.39. The average molecular weight is 509 g/mol. The van der Waals surface area contributed by atoms with Crippen molar-refractivity contribution < 1.29 is 9.90 Å².